The van der Waals surface area contributed by atoms with Crippen molar-refractivity contribution in [2.24, 2.45) is 5.41 Å². The van der Waals surface area contributed by atoms with Crippen molar-refractivity contribution in [3.8, 4) is 16.9 Å². The van der Waals surface area contributed by atoms with Gasteiger partial charge in [0.05, 0.1) is 12.6 Å². The van der Waals surface area contributed by atoms with Crippen LogP contribution < -0.4 is 10.1 Å². The molecule has 25 heavy (non-hydrogen) atoms. The van der Waals surface area contributed by atoms with Gasteiger partial charge >= 0.3 is 6.09 Å². The molecule has 0 aliphatic heterocycles. The van der Waals surface area contributed by atoms with Crippen LogP contribution >= 0.6 is 0 Å². The van der Waals surface area contributed by atoms with Gasteiger partial charge in [0.25, 0.3) is 0 Å². The second-order valence-corrected chi connectivity index (χ2v) is 7.25. The third-order valence-corrected chi connectivity index (χ3v) is 5.02. The molecule has 0 spiro atoms. The molecule has 1 aliphatic carbocycles. The summed E-state index contributed by atoms with van der Waals surface area (Å²) in [5.74, 6) is 0.865. The van der Waals surface area contributed by atoms with E-state index < -0.39 is 6.09 Å². The molecule has 2 aromatic rings. The molecule has 0 unspecified atom stereocenters. The average molecular weight is 339 g/mol. The lowest BCUT2D eigenvalue weighted by molar-refractivity contribution is 0.161. The lowest BCUT2D eigenvalue weighted by atomic mass is 9.70. The van der Waals surface area contributed by atoms with E-state index in [0.29, 0.717) is 6.61 Å². The summed E-state index contributed by atoms with van der Waals surface area (Å²) in [5.41, 5.74) is 4.46. The van der Waals surface area contributed by atoms with Gasteiger partial charge in [-0.1, -0.05) is 44.2 Å². The minimum atomic E-state index is -0.973. The molecule has 0 saturated carbocycles. The second-order valence-electron chi connectivity index (χ2n) is 7.25. The number of rotatable bonds is 4. The third kappa shape index (κ3) is 3.63. The summed E-state index contributed by atoms with van der Waals surface area (Å²) in [6, 6.07) is 14.2. The Morgan fingerprint density at radius 2 is 2.00 bits per heavy atom. The van der Waals surface area contributed by atoms with Crippen molar-refractivity contribution in [1.82, 2.24) is 5.32 Å². The van der Waals surface area contributed by atoms with Gasteiger partial charge in [-0.05, 0) is 59.6 Å². The van der Waals surface area contributed by atoms with Crippen molar-refractivity contribution < 1.29 is 14.6 Å². The van der Waals surface area contributed by atoms with E-state index in [0.717, 1.165) is 35.3 Å². The van der Waals surface area contributed by atoms with Crippen LogP contribution in [0, 0.1) is 5.41 Å². The van der Waals surface area contributed by atoms with Crippen LogP contribution in [0.25, 0.3) is 11.1 Å². The highest BCUT2D eigenvalue weighted by atomic mass is 16.5. The van der Waals surface area contributed by atoms with Gasteiger partial charge in [0, 0.05) is 0 Å². The van der Waals surface area contributed by atoms with Crippen molar-refractivity contribution in [3.05, 3.63) is 53.6 Å². The molecule has 1 atom stereocenters. The lowest BCUT2D eigenvalue weighted by Crippen LogP contribution is -2.40. The largest absolute Gasteiger partial charge is 0.494 e. The number of aryl methyl sites for hydroxylation is 1. The number of ether oxygens (including phenoxy) is 1. The van der Waals surface area contributed by atoms with E-state index in [1.54, 1.807) is 0 Å². The van der Waals surface area contributed by atoms with Crippen LogP contribution in [0.3, 0.4) is 0 Å². The number of hydrogen-bond acceptors (Lipinski definition) is 2. The van der Waals surface area contributed by atoms with Crippen molar-refractivity contribution in [1.29, 1.82) is 0 Å². The van der Waals surface area contributed by atoms with E-state index >= 15 is 0 Å². The zero-order valence-electron chi connectivity index (χ0n) is 15.0. The Hall–Kier alpha value is -2.49. The highest BCUT2D eigenvalue weighted by Crippen LogP contribution is 2.44. The molecular formula is C21H25NO3. The van der Waals surface area contributed by atoms with Gasteiger partial charge in [-0.2, -0.15) is 0 Å². The molecule has 3 rings (SSSR count). The van der Waals surface area contributed by atoms with Gasteiger partial charge in [0.1, 0.15) is 5.75 Å². The van der Waals surface area contributed by atoms with E-state index in [2.05, 4.69) is 43.4 Å². The third-order valence-electron chi connectivity index (χ3n) is 5.02. The summed E-state index contributed by atoms with van der Waals surface area (Å²) < 4.78 is 5.59. The van der Waals surface area contributed by atoms with E-state index in [9.17, 15) is 9.90 Å². The Morgan fingerprint density at radius 1 is 1.24 bits per heavy atom. The van der Waals surface area contributed by atoms with E-state index in [1.165, 1.54) is 5.56 Å². The molecule has 0 aromatic heterocycles. The maximum absolute atomic E-state index is 11.2. The number of carboxylic acid groups (broad SMARTS) is 1. The van der Waals surface area contributed by atoms with Crippen molar-refractivity contribution >= 4 is 6.09 Å². The first-order valence-electron chi connectivity index (χ1n) is 8.76. The van der Waals surface area contributed by atoms with E-state index in [-0.39, 0.29) is 11.5 Å². The maximum atomic E-state index is 11.2. The molecule has 0 radical (unpaired) electrons. The summed E-state index contributed by atoms with van der Waals surface area (Å²) >= 11 is 0. The summed E-state index contributed by atoms with van der Waals surface area (Å²) in [5, 5.41) is 11.9. The number of fused-ring (bicyclic) bond motifs is 1. The number of nitrogens with one attached hydrogen (secondary N) is 1. The molecule has 2 N–H and O–H groups in total. The first-order valence-corrected chi connectivity index (χ1v) is 8.76. The molecule has 4 heteroatoms. The number of carbonyl (C=O) groups is 1. The van der Waals surface area contributed by atoms with Gasteiger partial charge in [-0.15, -0.1) is 0 Å². The minimum Gasteiger partial charge on any atom is -0.494 e. The van der Waals surface area contributed by atoms with Crippen LogP contribution in [0.1, 0.15) is 44.4 Å². The predicted octanol–water partition coefficient (Wildman–Crippen LogP) is 5.03. The van der Waals surface area contributed by atoms with Crippen molar-refractivity contribution in [3.63, 3.8) is 0 Å². The average Bonchev–Trinajstić information content (AvgIpc) is 2.57. The Balaban J connectivity index is 1.97. The summed E-state index contributed by atoms with van der Waals surface area (Å²) in [6.45, 7) is 6.86. The molecule has 2 aromatic carbocycles. The fraction of sp³-hybridized carbons (Fsp3) is 0.381. The maximum Gasteiger partial charge on any atom is 0.405 e. The number of hydrogen-bond donors (Lipinski definition) is 2. The lowest BCUT2D eigenvalue weighted by Gasteiger charge is -2.40. The van der Waals surface area contributed by atoms with E-state index in [4.69, 9.17) is 4.74 Å². The standard InChI is InChI=1S/C21H25NO3/c1-4-25-17-7-5-6-14(13-17)15-8-9-18-16(12-15)10-11-21(2,3)19(18)22-20(23)24/h5-9,12-13,19,22H,4,10-11H2,1-3H3,(H,23,24)/t19-/m0/s1. The Labute approximate surface area is 148 Å². The first-order chi connectivity index (χ1) is 11.9. The quantitative estimate of drug-likeness (QED) is 0.821. The zero-order valence-corrected chi connectivity index (χ0v) is 15.0. The van der Waals surface area contributed by atoms with Gasteiger partial charge in [-0.25, -0.2) is 4.79 Å². The van der Waals surface area contributed by atoms with Crippen LogP contribution in [0.5, 0.6) is 5.75 Å². The highest BCUT2D eigenvalue weighted by molar-refractivity contribution is 5.68. The first kappa shape index (κ1) is 17.3. The van der Waals surface area contributed by atoms with Gasteiger partial charge in [0.2, 0.25) is 0 Å². The van der Waals surface area contributed by atoms with Crippen LogP contribution in [0.15, 0.2) is 42.5 Å². The fourth-order valence-electron chi connectivity index (χ4n) is 3.63. The monoisotopic (exact) mass is 339 g/mol. The zero-order chi connectivity index (χ0) is 18.0. The molecular weight excluding hydrogens is 314 g/mol. The molecule has 0 fully saturated rings. The van der Waals surface area contributed by atoms with Crippen LogP contribution in [-0.4, -0.2) is 17.8 Å². The molecule has 0 bridgehead atoms. The molecule has 4 nitrogen and oxygen atoms in total. The Kier molecular flexibility index (Phi) is 4.71. The highest BCUT2D eigenvalue weighted by Gasteiger charge is 2.37. The summed E-state index contributed by atoms with van der Waals surface area (Å²) in [4.78, 5) is 11.2. The van der Waals surface area contributed by atoms with Crippen LogP contribution in [0.2, 0.25) is 0 Å². The fourth-order valence-corrected chi connectivity index (χ4v) is 3.63. The normalized spacial score (nSPS) is 18.3. The number of benzene rings is 2. The second kappa shape index (κ2) is 6.79. The van der Waals surface area contributed by atoms with E-state index in [1.807, 2.05) is 25.1 Å². The SMILES string of the molecule is CCOc1cccc(-c2ccc3c(c2)CCC(C)(C)[C@H]3NC(=O)O)c1. The molecule has 0 heterocycles. The summed E-state index contributed by atoms with van der Waals surface area (Å²) in [7, 11) is 0. The van der Waals surface area contributed by atoms with Crippen LogP contribution in [-0.2, 0) is 6.42 Å². The smallest absolute Gasteiger partial charge is 0.405 e. The van der Waals surface area contributed by atoms with Crippen LogP contribution in [0.4, 0.5) is 4.79 Å². The Morgan fingerprint density at radius 3 is 2.72 bits per heavy atom. The minimum absolute atomic E-state index is 0.0954. The van der Waals surface area contributed by atoms with Crippen molar-refractivity contribution in [2.45, 2.75) is 39.7 Å². The number of amides is 1. The molecule has 1 amide bonds. The molecule has 132 valence electrons. The topological polar surface area (TPSA) is 58.6 Å². The Bertz CT molecular complexity index is 782. The predicted molar refractivity (Wildman–Crippen MR) is 99.1 cm³/mol. The molecule has 1 aliphatic rings. The van der Waals surface area contributed by atoms with Crippen molar-refractivity contribution in [2.75, 3.05) is 6.61 Å². The van der Waals surface area contributed by atoms with Gasteiger partial charge in [-0.3, -0.25) is 0 Å². The van der Waals surface area contributed by atoms with Gasteiger partial charge in [0.15, 0.2) is 0 Å². The summed E-state index contributed by atoms with van der Waals surface area (Å²) in [6.07, 6.45) is 0.936. The molecule has 0 saturated heterocycles. The van der Waals surface area contributed by atoms with Gasteiger partial charge < -0.3 is 15.2 Å².